The number of likely N-dealkylation sites (N-methyl/N-ethyl adjacent to an activating group) is 1. The van der Waals surface area contributed by atoms with Gasteiger partial charge in [-0.05, 0) is 31.7 Å². The van der Waals surface area contributed by atoms with Gasteiger partial charge in [-0.25, -0.2) is 0 Å². The van der Waals surface area contributed by atoms with Gasteiger partial charge >= 0.3 is 0 Å². The lowest BCUT2D eigenvalue weighted by Gasteiger charge is -2.19. The molecule has 0 radical (unpaired) electrons. The van der Waals surface area contributed by atoms with Crippen molar-refractivity contribution in [2.24, 2.45) is 5.92 Å². The molecule has 2 aromatic rings. The third kappa shape index (κ3) is 6.31. The van der Waals surface area contributed by atoms with Crippen LogP contribution in [0.2, 0.25) is 0 Å². The van der Waals surface area contributed by atoms with Gasteiger partial charge in [0.2, 0.25) is 5.43 Å². The van der Waals surface area contributed by atoms with Crippen LogP contribution in [0.1, 0.15) is 54.0 Å². The van der Waals surface area contributed by atoms with Crippen LogP contribution >= 0.6 is 0 Å². The van der Waals surface area contributed by atoms with Crippen molar-refractivity contribution in [3.8, 4) is 0 Å². The molecule has 0 spiro atoms. The number of hydrogen-bond donors (Lipinski definition) is 1. The molecular formula is C23H31N3O3. The predicted molar refractivity (Wildman–Crippen MR) is 115 cm³/mol. The average Bonchev–Trinajstić information content (AvgIpc) is 2.66. The summed E-state index contributed by atoms with van der Waals surface area (Å²) >= 11 is 0. The summed E-state index contributed by atoms with van der Waals surface area (Å²) in [6, 6.07) is 9.77. The lowest BCUT2D eigenvalue weighted by molar-refractivity contribution is 0.0794. The minimum atomic E-state index is -0.528. The van der Waals surface area contributed by atoms with Gasteiger partial charge in [0.05, 0.1) is 0 Å². The van der Waals surface area contributed by atoms with Crippen molar-refractivity contribution in [2.75, 3.05) is 13.6 Å². The molecule has 0 aliphatic carbocycles. The molecule has 156 valence electrons. The van der Waals surface area contributed by atoms with Crippen LogP contribution in [0.3, 0.4) is 0 Å². The molecule has 0 bridgehead atoms. The highest BCUT2D eigenvalue weighted by atomic mass is 16.2. The minimum Gasteiger partial charge on any atom is -0.352 e. The van der Waals surface area contributed by atoms with Crippen LogP contribution in [0.5, 0.6) is 0 Å². The van der Waals surface area contributed by atoms with Crippen LogP contribution in [-0.2, 0) is 13.0 Å². The Labute approximate surface area is 172 Å². The molecule has 0 aliphatic heterocycles. The van der Waals surface area contributed by atoms with Gasteiger partial charge in [-0.3, -0.25) is 14.4 Å². The fourth-order valence-corrected chi connectivity index (χ4v) is 3.06. The highest BCUT2D eigenvalue weighted by Crippen LogP contribution is 2.08. The maximum Gasteiger partial charge on any atom is 0.259 e. The van der Waals surface area contributed by atoms with E-state index in [0.717, 1.165) is 5.56 Å². The van der Waals surface area contributed by atoms with Crippen LogP contribution in [0.25, 0.3) is 0 Å². The van der Waals surface area contributed by atoms with Crippen LogP contribution in [0, 0.1) is 5.92 Å². The Morgan fingerprint density at radius 3 is 2.24 bits per heavy atom. The number of carbonyl (C=O) groups excluding carboxylic acids is 2. The number of amides is 2. The summed E-state index contributed by atoms with van der Waals surface area (Å²) in [4.78, 5) is 40.0. The maximum absolute atomic E-state index is 13.0. The molecule has 0 fully saturated rings. The first-order chi connectivity index (χ1) is 13.7. The van der Waals surface area contributed by atoms with Crippen LogP contribution < -0.4 is 10.7 Å². The number of hydrogen-bond acceptors (Lipinski definition) is 3. The van der Waals surface area contributed by atoms with Crippen LogP contribution in [0.15, 0.2) is 47.5 Å². The Balaban J connectivity index is 2.31. The molecule has 6 heteroatoms. The number of benzene rings is 1. The van der Waals surface area contributed by atoms with E-state index in [1.807, 2.05) is 58.0 Å². The van der Waals surface area contributed by atoms with Crippen molar-refractivity contribution in [1.82, 2.24) is 14.8 Å². The largest absolute Gasteiger partial charge is 0.352 e. The van der Waals surface area contributed by atoms with E-state index in [1.165, 1.54) is 4.90 Å². The molecule has 2 amide bonds. The number of carbonyl (C=O) groups is 2. The highest BCUT2D eigenvalue weighted by Gasteiger charge is 2.22. The number of aromatic nitrogens is 1. The zero-order chi connectivity index (χ0) is 21.6. The van der Waals surface area contributed by atoms with E-state index in [4.69, 9.17) is 0 Å². The zero-order valence-corrected chi connectivity index (χ0v) is 17.9. The second-order valence-electron chi connectivity index (χ2n) is 8.10. The highest BCUT2D eigenvalue weighted by molar-refractivity contribution is 5.99. The summed E-state index contributed by atoms with van der Waals surface area (Å²) < 4.78 is 1.76. The number of nitrogens with one attached hydrogen (secondary N) is 1. The quantitative estimate of drug-likeness (QED) is 0.744. The van der Waals surface area contributed by atoms with E-state index < -0.39 is 11.3 Å². The van der Waals surface area contributed by atoms with Crippen LogP contribution in [0.4, 0.5) is 0 Å². The van der Waals surface area contributed by atoms with E-state index in [-0.39, 0.29) is 23.1 Å². The molecule has 1 aromatic heterocycles. The van der Waals surface area contributed by atoms with Crippen molar-refractivity contribution in [3.05, 3.63) is 69.6 Å². The van der Waals surface area contributed by atoms with Crippen molar-refractivity contribution in [1.29, 1.82) is 0 Å². The maximum atomic E-state index is 13.0. The zero-order valence-electron chi connectivity index (χ0n) is 17.9. The fourth-order valence-electron chi connectivity index (χ4n) is 3.06. The van der Waals surface area contributed by atoms with Gasteiger partial charge in [-0.2, -0.15) is 0 Å². The SMILES string of the molecule is CC(C)Cn1cc(C(=O)NC(C)C)c(=O)c(C(=O)N(C)CCc2ccccc2)c1. The molecule has 1 heterocycles. The van der Waals surface area contributed by atoms with Crippen molar-refractivity contribution in [3.63, 3.8) is 0 Å². The Bertz CT molecular complexity index is 901. The summed E-state index contributed by atoms with van der Waals surface area (Å²) in [5, 5.41) is 2.75. The summed E-state index contributed by atoms with van der Waals surface area (Å²) in [5.41, 5.74) is 0.619. The molecule has 0 aliphatic rings. The normalized spacial score (nSPS) is 11.0. The molecular weight excluding hydrogens is 366 g/mol. The molecule has 1 aromatic carbocycles. The first-order valence-electron chi connectivity index (χ1n) is 10.0. The monoisotopic (exact) mass is 397 g/mol. The van der Waals surface area contributed by atoms with Gasteiger partial charge in [0.15, 0.2) is 0 Å². The molecule has 1 N–H and O–H groups in total. The fraction of sp³-hybridized carbons (Fsp3) is 0.435. The Morgan fingerprint density at radius 1 is 1.03 bits per heavy atom. The smallest absolute Gasteiger partial charge is 0.259 e. The number of rotatable bonds is 8. The Morgan fingerprint density at radius 2 is 1.66 bits per heavy atom. The Kier molecular flexibility index (Phi) is 7.76. The Hall–Kier alpha value is -2.89. The second-order valence-corrected chi connectivity index (χ2v) is 8.10. The van der Waals surface area contributed by atoms with E-state index in [1.54, 1.807) is 24.0 Å². The first-order valence-corrected chi connectivity index (χ1v) is 10.0. The van der Waals surface area contributed by atoms with Crippen molar-refractivity contribution < 1.29 is 9.59 Å². The van der Waals surface area contributed by atoms with Gasteiger partial charge in [0, 0.05) is 38.6 Å². The van der Waals surface area contributed by atoms with Gasteiger partial charge in [0.1, 0.15) is 11.1 Å². The summed E-state index contributed by atoms with van der Waals surface area (Å²) in [6.45, 7) is 8.83. The van der Waals surface area contributed by atoms with E-state index in [2.05, 4.69) is 5.32 Å². The van der Waals surface area contributed by atoms with Crippen molar-refractivity contribution >= 4 is 11.8 Å². The van der Waals surface area contributed by atoms with Crippen molar-refractivity contribution in [2.45, 2.75) is 46.7 Å². The molecule has 6 nitrogen and oxygen atoms in total. The number of nitrogens with zero attached hydrogens (tertiary/aromatic N) is 2. The molecule has 0 saturated heterocycles. The molecule has 0 atom stereocenters. The molecule has 29 heavy (non-hydrogen) atoms. The van der Waals surface area contributed by atoms with Gasteiger partial charge in [0.25, 0.3) is 11.8 Å². The molecule has 0 unspecified atom stereocenters. The van der Waals surface area contributed by atoms with E-state index >= 15 is 0 Å². The van der Waals surface area contributed by atoms with Crippen LogP contribution in [-0.4, -0.2) is 40.9 Å². The topological polar surface area (TPSA) is 71.4 Å². The average molecular weight is 398 g/mol. The third-order valence-electron chi connectivity index (χ3n) is 4.48. The molecule has 0 saturated carbocycles. The first kappa shape index (κ1) is 22.4. The van der Waals surface area contributed by atoms with Gasteiger partial charge in [-0.1, -0.05) is 44.2 Å². The number of pyridine rings is 1. The van der Waals surface area contributed by atoms with Gasteiger partial charge < -0.3 is 14.8 Å². The van der Waals surface area contributed by atoms with E-state index in [0.29, 0.717) is 25.4 Å². The standard InChI is InChI=1S/C23H31N3O3/c1-16(2)13-26-14-19(22(28)24-17(3)4)21(27)20(15-26)23(29)25(5)12-11-18-9-7-6-8-10-18/h6-10,14-17H,11-13H2,1-5H3,(H,24,28). The third-order valence-corrected chi connectivity index (χ3v) is 4.48. The lowest BCUT2D eigenvalue weighted by atomic mass is 10.1. The second kappa shape index (κ2) is 10.0. The summed E-state index contributed by atoms with van der Waals surface area (Å²) in [5.74, 6) is -0.524. The summed E-state index contributed by atoms with van der Waals surface area (Å²) in [6.07, 6.45) is 3.80. The minimum absolute atomic E-state index is 0.00154. The lowest BCUT2D eigenvalue weighted by Crippen LogP contribution is -2.38. The predicted octanol–water partition coefficient (Wildman–Crippen LogP) is 2.96. The van der Waals surface area contributed by atoms with E-state index in [9.17, 15) is 14.4 Å². The van der Waals surface area contributed by atoms with Gasteiger partial charge in [-0.15, -0.1) is 0 Å². The summed E-state index contributed by atoms with van der Waals surface area (Å²) in [7, 11) is 1.68. The molecule has 2 rings (SSSR count).